The molecule has 0 spiro atoms. The summed E-state index contributed by atoms with van der Waals surface area (Å²) in [5, 5.41) is 0. The normalized spacial score (nSPS) is 10.2. The maximum Gasteiger partial charge on any atom is 0.0800 e. The molecule has 0 aliphatic heterocycles. The van der Waals surface area contributed by atoms with Gasteiger partial charge in [0.05, 0.1) is 6.45 Å². The van der Waals surface area contributed by atoms with Gasteiger partial charge in [0, 0.05) is 8.45 Å². The fourth-order valence-corrected chi connectivity index (χ4v) is 4.59. The van der Waals surface area contributed by atoms with Crippen LogP contribution in [0.2, 0.25) is 0 Å². The van der Waals surface area contributed by atoms with Crippen molar-refractivity contribution in [3.8, 4) is 0 Å². The molecule has 0 amide bonds. The van der Waals surface area contributed by atoms with E-state index in [1.807, 2.05) is 11.3 Å². The molecule has 1 aromatic heterocycles. The Labute approximate surface area is 99.2 Å². The fraction of sp³-hybridized carbons (Fsp3) is 0.200. The lowest BCUT2D eigenvalue weighted by molar-refractivity contribution is 1.55. The standard InChI is InChI=1S/C5H3I3S/c1-2-3(6)4(7)5(8)9-2/h1H3. The summed E-state index contributed by atoms with van der Waals surface area (Å²) in [7, 11) is 0. The smallest absolute Gasteiger partial charge is 0.0800 e. The first-order valence-corrected chi connectivity index (χ1v) is 6.28. The van der Waals surface area contributed by atoms with Crippen molar-refractivity contribution in [2.45, 2.75) is 6.92 Å². The molecule has 0 aliphatic carbocycles. The lowest BCUT2D eigenvalue weighted by Crippen LogP contribution is -1.71. The molecule has 50 valence electrons. The third-order valence-electron chi connectivity index (χ3n) is 0.917. The molecular formula is C5H3I3S. The van der Waals surface area contributed by atoms with Crippen molar-refractivity contribution < 1.29 is 0 Å². The van der Waals surface area contributed by atoms with Gasteiger partial charge < -0.3 is 0 Å². The second kappa shape index (κ2) is 3.53. The van der Waals surface area contributed by atoms with Gasteiger partial charge in [0.2, 0.25) is 0 Å². The number of hydrogen-bond donors (Lipinski definition) is 0. The monoisotopic (exact) mass is 476 g/mol. The summed E-state index contributed by atoms with van der Waals surface area (Å²) in [4.78, 5) is 1.43. The Morgan fingerprint density at radius 2 is 1.67 bits per heavy atom. The van der Waals surface area contributed by atoms with Gasteiger partial charge in [0.25, 0.3) is 0 Å². The van der Waals surface area contributed by atoms with Crippen LogP contribution >= 0.6 is 79.1 Å². The molecule has 0 N–H and O–H groups in total. The van der Waals surface area contributed by atoms with Gasteiger partial charge in [-0.3, -0.25) is 0 Å². The number of aryl methyl sites for hydroxylation is 1. The number of thiophene rings is 1. The average Bonchev–Trinajstić information content (AvgIpc) is 1.98. The quantitative estimate of drug-likeness (QED) is 0.500. The minimum atomic E-state index is 1.41. The topological polar surface area (TPSA) is 0 Å². The zero-order chi connectivity index (χ0) is 7.02. The van der Waals surface area contributed by atoms with Gasteiger partial charge in [-0.2, -0.15) is 0 Å². The molecule has 9 heavy (non-hydrogen) atoms. The second-order valence-electron chi connectivity index (χ2n) is 1.56. The van der Waals surface area contributed by atoms with Crippen LogP contribution in [0.1, 0.15) is 4.88 Å². The van der Waals surface area contributed by atoms with E-state index < -0.39 is 0 Å². The van der Waals surface area contributed by atoms with E-state index >= 15 is 0 Å². The van der Waals surface area contributed by atoms with E-state index in [-0.39, 0.29) is 0 Å². The molecule has 0 radical (unpaired) electrons. The van der Waals surface area contributed by atoms with Gasteiger partial charge in [0.1, 0.15) is 0 Å². The van der Waals surface area contributed by atoms with Crippen molar-refractivity contribution in [1.82, 2.24) is 0 Å². The highest BCUT2D eigenvalue weighted by atomic mass is 127. The van der Waals surface area contributed by atoms with Gasteiger partial charge in [-0.1, -0.05) is 0 Å². The van der Waals surface area contributed by atoms with Crippen molar-refractivity contribution in [3.05, 3.63) is 14.9 Å². The largest absolute Gasteiger partial charge is 0.132 e. The van der Waals surface area contributed by atoms with E-state index in [1.165, 1.54) is 14.9 Å². The summed E-state index contributed by atoms with van der Waals surface area (Å²) < 4.78 is 4.24. The number of halogens is 3. The van der Waals surface area contributed by atoms with Gasteiger partial charge >= 0.3 is 0 Å². The van der Waals surface area contributed by atoms with Crippen LogP contribution in [-0.2, 0) is 0 Å². The fourth-order valence-electron chi connectivity index (χ4n) is 0.465. The molecule has 4 heteroatoms. The van der Waals surface area contributed by atoms with Gasteiger partial charge in [0.15, 0.2) is 0 Å². The third kappa shape index (κ3) is 1.92. The van der Waals surface area contributed by atoms with Crippen LogP contribution in [0.5, 0.6) is 0 Å². The van der Waals surface area contributed by atoms with Crippen LogP contribution in [0.25, 0.3) is 0 Å². The van der Waals surface area contributed by atoms with E-state index in [0.29, 0.717) is 0 Å². The van der Waals surface area contributed by atoms with E-state index in [0.717, 1.165) is 0 Å². The highest BCUT2D eigenvalue weighted by Crippen LogP contribution is 2.31. The van der Waals surface area contributed by atoms with Crippen LogP contribution in [0, 0.1) is 16.9 Å². The molecule has 0 saturated heterocycles. The van der Waals surface area contributed by atoms with Gasteiger partial charge in [-0.25, -0.2) is 0 Å². The minimum Gasteiger partial charge on any atom is -0.132 e. The van der Waals surface area contributed by atoms with Crippen LogP contribution in [0.15, 0.2) is 0 Å². The van der Waals surface area contributed by atoms with Gasteiger partial charge in [-0.05, 0) is 74.7 Å². The Bertz CT molecular complexity index is 206. The molecule has 0 nitrogen and oxygen atoms in total. The van der Waals surface area contributed by atoms with Crippen molar-refractivity contribution in [2.24, 2.45) is 0 Å². The zero-order valence-electron chi connectivity index (χ0n) is 4.54. The first-order chi connectivity index (χ1) is 4.13. The van der Waals surface area contributed by atoms with Gasteiger partial charge in [-0.15, -0.1) is 11.3 Å². The first-order valence-electron chi connectivity index (χ1n) is 2.23. The summed E-state index contributed by atoms with van der Waals surface area (Å²) >= 11 is 9.02. The number of rotatable bonds is 0. The van der Waals surface area contributed by atoms with E-state index in [9.17, 15) is 0 Å². The highest BCUT2D eigenvalue weighted by Gasteiger charge is 2.06. The lowest BCUT2D eigenvalue weighted by Gasteiger charge is -1.83. The maximum absolute atomic E-state index is 2.39. The van der Waals surface area contributed by atoms with Crippen LogP contribution < -0.4 is 0 Å². The summed E-state index contributed by atoms with van der Waals surface area (Å²) in [6.07, 6.45) is 0. The van der Waals surface area contributed by atoms with Crippen molar-refractivity contribution in [1.29, 1.82) is 0 Å². The zero-order valence-corrected chi connectivity index (χ0v) is 11.8. The molecule has 1 aromatic rings. The summed E-state index contributed by atoms with van der Waals surface area (Å²) in [6.45, 7) is 2.16. The predicted octanol–water partition coefficient (Wildman–Crippen LogP) is 3.87. The number of hydrogen-bond acceptors (Lipinski definition) is 1. The molecule has 0 saturated carbocycles. The van der Waals surface area contributed by atoms with Crippen molar-refractivity contribution in [3.63, 3.8) is 0 Å². The Morgan fingerprint density at radius 3 is 1.78 bits per heavy atom. The molecular weight excluding hydrogens is 473 g/mol. The average molecular weight is 476 g/mol. The SMILES string of the molecule is Cc1sc(I)c(I)c1I. The Morgan fingerprint density at radius 1 is 1.11 bits per heavy atom. The molecule has 1 heterocycles. The van der Waals surface area contributed by atoms with Crippen molar-refractivity contribution >= 4 is 79.1 Å². The predicted molar refractivity (Wildman–Crippen MR) is 67.2 cm³/mol. The summed E-state index contributed by atoms with van der Waals surface area (Å²) in [5.41, 5.74) is 0. The van der Waals surface area contributed by atoms with Crippen LogP contribution in [0.3, 0.4) is 0 Å². The van der Waals surface area contributed by atoms with Crippen LogP contribution in [0.4, 0.5) is 0 Å². The molecule has 0 fully saturated rings. The van der Waals surface area contributed by atoms with Crippen LogP contribution in [-0.4, -0.2) is 0 Å². The van der Waals surface area contributed by atoms with E-state index in [1.54, 1.807) is 0 Å². The molecule has 0 aromatic carbocycles. The Hall–Kier alpha value is 1.89. The van der Waals surface area contributed by atoms with Crippen molar-refractivity contribution in [2.75, 3.05) is 0 Å². The molecule has 1 rings (SSSR count). The first kappa shape index (κ1) is 8.98. The summed E-state index contributed by atoms with van der Waals surface area (Å²) in [6, 6.07) is 0. The Kier molecular flexibility index (Phi) is 3.52. The molecule has 0 atom stereocenters. The lowest BCUT2D eigenvalue weighted by atomic mass is 10.5. The Balaban J connectivity index is 3.29. The molecule has 0 bridgehead atoms. The van der Waals surface area contributed by atoms with E-state index in [4.69, 9.17) is 0 Å². The maximum atomic E-state index is 2.39. The second-order valence-corrected chi connectivity index (χ2v) is 6.75. The minimum absolute atomic E-state index is 1.41. The molecule has 0 unspecified atom stereocenters. The third-order valence-corrected chi connectivity index (χ3v) is 8.23. The summed E-state index contributed by atoms with van der Waals surface area (Å²) in [5.74, 6) is 0. The van der Waals surface area contributed by atoms with E-state index in [2.05, 4.69) is 74.7 Å². The molecule has 0 aliphatic rings. The highest BCUT2D eigenvalue weighted by molar-refractivity contribution is 14.1.